The van der Waals surface area contributed by atoms with Gasteiger partial charge in [0.15, 0.2) is 0 Å². The van der Waals surface area contributed by atoms with Crippen molar-refractivity contribution in [2.45, 2.75) is 6.54 Å². The zero-order valence-corrected chi connectivity index (χ0v) is 18.5. The summed E-state index contributed by atoms with van der Waals surface area (Å²) in [7, 11) is 0. The zero-order chi connectivity index (χ0) is 22.9. The van der Waals surface area contributed by atoms with Crippen LogP contribution in [0.25, 0.3) is 0 Å². The van der Waals surface area contributed by atoms with Crippen LogP contribution in [0.3, 0.4) is 0 Å². The highest BCUT2D eigenvalue weighted by Gasteiger charge is 2.10. The van der Waals surface area contributed by atoms with Crippen molar-refractivity contribution in [3.8, 4) is 0 Å². The van der Waals surface area contributed by atoms with Crippen molar-refractivity contribution in [2.24, 2.45) is 0 Å². The van der Waals surface area contributed by atoms with E-state index in [4.69, 9.17) is 10.5 Å². The lowest BCUT2D eigenvalue weighted by Gasteiger charge is -2.26. The molecule has 1 aromatic heterocycles. The second-order valence-corrected chi connectivity index (χ2v) is 7.74. The Morgan fingerprint density at radius 2 is 1.82 bits per heavy atom. The highest BCUT2D eigenvalue weighted by molar-refractivity contribution is 6.05. The first-order valence-electron chi connectivity index (χ1n) is 11.0. The molecule has 2 aromatic carbocycles. The van der Waals surface area contributed by atoms with Gasteiger partial charge in [-0.3, -0.25) is 9.69 Å². The summed E-state index contributed by atoms with van der Waals surface area (Å²) in [6, 6.07) is 16.4. The number of nitrogens with one attached hydrogen (secondary N) is 3. The number of amides is 1. The van der Waals surface area contributed by atoms with Gasteiger partial charge in [-0.15, -0.1) is 0 Å². The molecule has 0 spiro atoms. The van der Waals surface area contributed by atoms with Crippen LogP contribution in [-0.2, 0) is 11.3 Å². The molecule has 0 aliphatic carbocycles. The van der Waals surface area contributed by atoms with Gasteiger partial charge in [0, 0.05) is 44.5 Å². The molecule has 0 atom stereocenters. The molecule has 1 fully saturated rings. The average molecular weight is 448 g/mol. The SMILES string of the molecule is Nc1ccccc1NC(=O)c1ccc(CNc2nccc(NCCN3CCOCC3)n2)cc1. The van der Waals surface area contributed by atoms with Crippen molar-refractivity contribution < 1.29 is 9.53 Å². The molecule has 0 radical (unpaired) electrons. The van der Waals surface area contributed by atoms with E-state index in [2.05, 4.69) is 30.8 Å². The van der Waals surface area contributed by atoms with E-state index in [-0.39, 0.29) is 5.91 Å². The molecule has 1 saturated heterocycles. The number of benzene rings is 2. The third-order valence-corrected chi connectivity index (χ3v) is 5.37. The van der Waals surface area contributed by atoms with Gasteiger partial charge in [-0.2, -0.15) is 4.98 Å². The maximum Gasteiger partial charge on any atom is 0.255 e. The number of para-hydroxylation sites is 2. The van der Waals surface area contributed by atoms with Crippen LogP contribution in [-0.4, -0.2) is 60.2 Å². The second kappa shape index (κ2) is 11.3. The Labute approximate surface area is 193 Å². The molecule has 172 valence electrons. The number of ether oxygens (including phenoxy) is 1. The molecule has 1 amide bonds. The fourth-order valence-electron chi connectivity index (χ4n) is 3.47. The summed E-state index contributed by atoms with van der Waals surface area (Å²) in [4.78, 5) is 23.6. The Morgan fingerprint density at radius 3 is 2.61 bits per heavy atom. The highest BCUT2D eigenvalue weighted by atomic mass is 16.5. The van der Waals surface area contributed by atoms with Crippen LogP contribution >= 0.6 is 0 Å². The van der Waals surface area contributed by atoms with Gasteiger partial charge in [0.1, 0.15) is 5.82 Å². The van der Waals surface area contributed by atoms with Gasteiger partial charge in [-0.05, 0) is 35.9 Å². The molecule has 1 aliphatic heterocycles. The van der Waals surface area contributed by atoms with Crippen LogP contribution in [0.4, 0.5) is 23.1 Å². The summed E-state index contributed by atoms with van der Waals surface area (Å²) in [5.74, 6) is 1.13. The fraction of sp³-hybridized carbons (Fsp3) is 0.292. The van der Waals surface area contributed by atoms with Crippen LogP contribution in [0.1, 0.15) is 15.9 Å². The Balaban J connectivity index is 1.25. The van der Waals surface area contributed by atoms with Crippen molar-refractivity contribution in [2.75, 3.05) is 61.1 Å². The van der Waals surface area contributed by atoms with Gasteiger partial charge >= 0.3 is 0 Å². The summed E-state index contributed by atoms with van der Waals surface area (Å²) in [5, 5.41) is 9.41. The number of hydrogen-bond acceptors (Lipinski definition) is 8. The second-order valence-electron chi connectivity index (χ2n) is 7.74. The Bertz CT molecular complexity index is 1050. The van der Waals surface area contributed by atoms with Crippen LogP contribution in [0.2, 0.25) is 0 Å². The number of rotatable bonds is 9. The standard InChI is InChI=1S/C24H29N7O2/c25-20-3-1-2-4-21(20)29-23(32)19-7-5-18(6-8-19)17-28-24-27-10-9-22(30-24)26-11-12-31-13-15-33-16-14-31/h1-10H,11-17,25H2,(H,29,32)(H2,26,27,28,30). The summed E-state index contributed by atoms with van der Waals surface area (Å²) >= 11 is 0. The summed E-state index contributed by atoms with van der Waals surface area (Å²) in [5.41, 5.74) is 8.60. The number of carbonyl (C=O) groups is 1. The van der Waals surface area contributed by atoms with E-state index >= 15 is 0 Å². The van der Waals surface area contributed by atoms with Crippen LogP contribution < -0.4 is 21.7 Å². The van der Waals surface area contributed by atoms with Crippen molar-refractivity contribution in [1.29, 1.82) is 0 Å². The molecule has 1 aliphatic rings. The van der Waals surface area contributed by atoms with Gasteiger partial charge in [-0.25, -0.2) is 4.98 Å². The van der Waals surface area contributed by atoms with Crippen molar-refractivity contribution in [3.05, 3.63) is 71.9 Å². The largest absolute Gasteiger partial charge is 0.397 e. The molecule has 0 bridgehead atoms. The van der Waals surface area contributed by atoms with E-state index in [0.717, 1.165) is 50.8 Å². The molecule has 3 aromatic rings. The topological polar surface area (TPSA) is 117 Å². The Hall–Kier alpha value is -3.69. The third-order valence-electron chi connectivity index (χ3n) is 5.37. The number of anilines is 4. The lowest BCUT2D eigenvalue weighted by Crippen LogP contribution is -2.39. The average Bonchev–Trinajstić information content (AvgIpc) is 2.85. The smallest absolute Gasteiger partial charge is 0.255 e. The van der Waals surface area contributed by atoms with E-state index in [1.165, 1.54) is 0 Å². The van der Waals surface area contributed by atoms with Gasteiger partial charge in [0.25, 0.3) is 5.91 Å². The quantitative estimate of drug-likeness (QED) is 0.370. The van der Waals surface area contributed by atoms with Gasteiger partial charge in [0.05, 0.1) is 24.6 Å². The minimum atomic E-state index is -0.202. The zero-order valence-electron chi connectivity index (χ0n) is 18.5. The maximum absolute atomic E-state index is 12.5. The first kappa shape index (κ1) is 22.5. The summed E-state index contributed by atoms with van der Waals surface area (Å²) < 4.78 is 5.37. The number of hydrogen-bond donors (Lipinski definition) is 4. The van der Waals surface area contributed by atoms with Crippen molar-refractivity contribution in [1.82, 2.24) is 14.9 Å². The normalized spacial score (nSPS) is 13.9. The molecule has 0 saturated carbocycles. The van der Waals surface area contributed by atoms with Crippen LogP contribution in [0, 0.1) is 0 Å². The Kier molecular flexibility index (Phi) is 7.68. The monoisotopic (exact) mass is 447 g/mol. The third kappa shape index (κ3) is 6.64. The molecule has 9 nitrogen and oxygen atoms in total. The first-order chi connectivity index (χ1) is 16.2. The van der Waals surface area contributed by atoms with E-state index < -0.39 is 0 Å². The molecule has 5 N–H and O–H groups in total. The molecule has 9 heteroatoms. The number of nitrogen functional groups attached to an aromatic ring is 1. The van der Waals surface area contributed by atoms with E-state index in [1.54, 1.807) is 30.5 Å². The molecular weight excluding hydrogens is 418 g/mol. The first-order valence-corrected chi connectivity index (χ1v) is 11.0. The fourth-order valence-corrected chi connectivity index (χ4v) is 3.47. The minimum absolute atomic E-state index is 0.202. The number of carbonyl (C=O) groups excluding carboxylic acids is 1. The number of aromatic nitrogens is 2. The number of morpholine rings is 1. The van der Waals surface area contributed by atoms with Gasteiger partial charge in [-0.1, -0.05) is 24.3 Å². The lowest BCUT2D eigenvalue weighted by atomic mass is 10.1. The molecule has 2 heterocycles. The minimum Gasteiger partial charge on any atom is -0.397 e. The van der Waals surface area contributed by atoms with E-state index in [0.29, 0.717) is 29.4 Å². The maximum atomic E-state index is 12.5. The summed E-state index contributed by atoms with van der Waals surface area (Å²) in [6.45, 7) is 5.86. The van der Waals surface area contributed by atoms with Crippen molar-refractivity contribution in [3.63, 3.8) is 0 Å². The summed E-state index contributed by atoms with van der Waals surface area (Å²) in [6.07, 6.45) is 1.73. The van der Waals surface area contributed by atoms with E-state index in [9.17, 15) is 4.79 Å². The van der Waals surface area contributed by atoms with Crippen LogP contribution in [0.15, 0.2) is 60.8 Å². The van der Waals surface area contributed by atoms with Crippen molar-refractivity contribution >= 4 is 29.0 Å². The van der Waals surface area contributed by atoms with Gasteiger partial charge in [0.2, 0.25) is 5.95 Å². The van der Waals surface area contributed by atoms with Gasteiger partial charge < -0.3 is 26.4 Å². The predicted molar refractivity (Wildman–Crippen MR) is 130 cm³/mol. The molecule has 0 unspecified atom stereocenters. The van der Waals surface area contributed by atoms with E-state index in [1.807, 2.05) is 30.3 Å². The number of nitrogens with zero attached hydrogens (tertiary/aromatic N) is 3. The predicted octanol–water partition coefficient (Wildman–Crippen LogP) is 2.67. The Morgan fingerprint density at radius 1 is 1.03 bits per heavy atom. The van der Waals surface area contributed by atoms with Crippen LogP contribution in [0.5, 0.6) is 0 Å². The molecule has 33 heavy (non-hydrogen) atoms. The number of nitrogens with two attached hydrogens (primary N) is 1. The highest BCUT2D eigenvalue weighted by Crippen LogP contribution is 2.18. The lowest BCUT2D eigenvalue weighted by molar-refractivity contribution is 0.0398. The molecule has 4 rings (SSSR count). The molecular formula is C24H29N7O2.